The Morgan fingerprint density at radius 3 is 2.55 bits per heavy atom. The zero-order chi connectivity index (χ0) is 16.7. The van der Waals surface area contributed by atoms with E-state index in [-0.39, 0.29) is 6.54 Å². The van der Waals surface area contributed by atoms with Crippen LogP contribution in [0.25, 0.3) is 0 Å². The molecule has 2 rings (SSSR count). The Kier molecular flexibility index (Phi) is 4.42. The molecule has 1 aromatic carbocycles. The largest absolute Gasteiger partial charge is 0.417 e. The van der Waals surface area contributed by atoms with E-state index in [1.807, 2.05) is 0 Å². The fourth-order valence-corrected chi connectivity index (χ4v) is 4.41. The Labute approximate surface area is 130 Å². The molecule has 1 aliphatic rings. The van der Waals surface area contributed by atoms with Gasteiger partial charge in [0.1, 0.15) is 4.90 Å². The summed E-state index contributed by atoms with van der Waals surface area (Å²) >= 11 is 5.71. The van der Waals surface area contributed by atoms with Gasteiger partial charge in [0.25, 0.3) is 0 Å². The monoisotopic (exact) mass is 356 g/mol. The van der Waals surface area contributed by atoms with Gasteiger partial charge in [0.2, 0.25) is 15.9 Å². The Bertz CT molecular complexity index is 706. The molecule has 1 saturated heterocycles. The molecule has 1 atom stereocenters. The van der Waals surface area contributed by atoms with Crippen LogP contribution in [0.2, 0.25) is 5.02 Å². The first-order valence-corrected chi connectivity index (χ1v) is 8.00. The van der Waals surface area contributed by atoms with Crippen LogP contribution in [-0.4, -0.2) is 37.8 Å². The smallest absolute Gasteiger partial charge is 0.351 e. The van der Waals surface area contributed by atoms with Crippen LogP contribution in [0.3, 0.4) is 0 Å². The van der Waals surface area contributed by atoms with Gasteiger partial charge in [0, 0.05) is 12.6 Å². The Hall–Kier alpha value is -1.32. The summed E-state index contributed by atoms with van der Waals surface area (Å²) in [6.07, 6.45) is -4.88. The second-order valence-corrected chi connectivity index (χ2v) is 7.16. The summed E-state index contributed by atoms with van der Waals surface area (Å²) in [5.41, 5.74) is -1.35. The molecule has 0 aromatic heterocycles. The van der Waals surface area contributed by atoms with Crippen LogP contribution in [0.4, 0.5) is 13.2 Å². The van der Waals surface area contributed by atoms with Crippen molar-refractivity contribution < 1.29 is 26.4 Å². The molecule has 5 nitrogen and oxygen atoms in total. The summed E-state index contributed by atoms with van der Waals surface area (Å²) in [4.78, 5) is 10.4. The fourth-order valence-electron chi connectivity index (χ4n) is 2.20. The van der Waals surface area contributed by atoms with Crippen LogP contribution < -0.4 is 5.32 Å². The van der Waals surface area contributed by atoms with Gasteiger partial charge in [0.15, 0.2) is 0 Å². The molecule has 1 unspecified atom stereocenters. The molecule has 0 radical (unpaired) electrons. The highest BCUT2D eigenvalue weighted by molar-refractivity contribution is 7.89. The minimum atomic E-state index is -4.88. The maximum Gasteiger partial charge on any atom is 0.417 e. The van der Waals surface area contributed by atoms with Crippen LogP contribution in [0.5, 0.6) is 0 Å². The standard InChI is InChI=1S/C12H12ClF3N2O3S/c1-7-5-18(6-10(19)17-7)22(20,21)11-8(12(14,15)16)3-2-4-9(11)13/h2-4,7H,5-6H2,1H3,(H,17,19). The number of carbonyl (C=O) groups excluding carboxylic acids is 1. The average Bonchev–Trinajstić information content (AvgIpc) is 2.35. The van der Waals surface area contributed by atoms with Crippen molar-refractivity contribution in [3.8, 4) is 0 Å². The summed E-state index contributed by atoms with van der Waals surface area (Å²) in [5, 5.41) is 1.96. The highest BCUT2D eigenvalue weighted by Crippen LogP contribution is 2.38. The van der Waals surface area contributed by atoms with Gasteiger partial charge in [-0.25, -0.2) is 8.42 Å². The van der Waals surface area contributed by atoms with Crippen molar-refractivity contribution in [2.45, 2.75) is 24.0 Å². The van der Waals surface area contributed by atoms with Gasteiger partial charge in [-0.15, -0.1) is 0 Å². The number of sulfonamides is 1. The Morgan fingerprint density at radius 1 is 1.36 bits per heavy atom. The highest BCUT2D eigenvalue weighted by atomic mass is 35.5. The third kappa shape index (κ3) is 3.21. The van der Waals surface area contributed by atoms with Crippen molar-refractivity contribution in [3.63, 3.8) is 0 Å². The highest BCUT2D eigenvalue weighted by Gasteiger charge is 2.42. The van der Waals surface area contributed by atoms with E-state index in [9.17, 15) is 26.4 Å². The molecule has 1 N–H and O–H groups in total. The topological polar surface area (TPSA) is 66.5 Å². The lowest BCUT2D eigenvalue weighted by atomic mass is 10.2. The van der Waals surface area contributed by atoms with Gasteiger partial charge in [-0.2, -0.15) is 17.5 Å². The molecular weight excluding hydrogens is 345 g/mol. The van der Waals surface area contributed by atoms with Crippen molar-refractivity contribution in [1.82, 2.24) is 9.62 Å². The first-order valence-electron chi connectivity index (χ1n) is 6.18. The van der Waals surface area contributed by atoms with Gasteiger partial charge in [-0.3, -0.25) is 4.79 Å². The zero-order valence-electron chi connectivity index (χ0n) is 11.3. The molecular formula is C12H12ClF3N2O3S. The first-order chi connectivity index (χ1) is 10.0. The lowest BCUT2D eigenvalue weighted by Crippen LogP contribution is -2.54. The molecule has 0 saturated carbocycles. The summed E-state index contributed by atoms with van der Waals surface area (Å²) in [6.45, 7) is 0.878. The molecule has 1 heterocycles. The average molecular weight is 357 g/mol. The zero-order valence-corrected chi connectivity index (χ0v) is 12.9. The lowest BCUT2D eigenvalue weighted by molar-refractivity contribution is -0.139. The molecule has 1 fully saturated rings. The van der Waals surface area contributed by atoms with Crippen molar-refractivity contribution in [1.29, 1.82) is 0 Å². The fraction of sp³-hybridized carbons (Fsp3) is 0.417. The third-order valence-corrected chi connectivity index (χ3v) is 5.42. The van der Waals surface area contributed by atoms with Gasteiger partial charge in [-0.1, -0.05) is 17.7 Å². The Balaban J connectivity index is 2.57. The number of rotatable bonds is 2. The number of halogens is 4. The van der Waals surface area contributed by atoms with Gasteiger partial charge < -0.3 is 5.32 Å². The molecule has 0 bridgehead atoms. The third-order valence-electron chi connectivity index (χ3n) is 3.08. The molecule has 0 aliphatic carbocycles. The van der Waals surface area contributed by atoms with E-state index in [0.717, 1.165) is 12.1 Å². The quantitative estimate of drug-likeness (QED) is 0.879. The van der Waals surface area contributed by atoms with E-state index >= 15 is 0 Å². The van der Waals surface area contributed by atoms with Crippen molar-refractivity contribution >= 4 is 27.5 Å². The minimum Gasteiger partial charge on any atom is -0.351 e. The van der Waals surface area contributed by atoms with Crippen LogP contribution in [0, 0.1) is 0 Å². The van der Waals surface area contributed by atoms with E-state index < -0.39 is 50.2 Å². The minimum absolute atomic E-state index is 0.128. The SMILES string of the molecule is CC1CN(S(=O)(=O)c2c(Cl)cccc2C(F)(F)F)CC(=O)N1. The number of benzene rings is 1. The number of hydrogen-bond acceptors (Lipinski definition) is 3. The van der Waals surface area contributed by atoms with E-state index in [1.54, 1.807) is 6.92 Å². The number of carbonyl (C=O) groups is 1. The van der Waals surface area contributed by atoms with Gasteiger partial charge >= 0.3 is 6.18 Å². The first kappa shape index (κ1) is 17.0. The molecule has 0 spiro atoms. The molecule has 22 heavy (non-hydrogen) atoms. The van der Waals surface area contributed by atoms with E-state index in [4.69, 9.17) is 11.6 Å². The predicted molar refractivity (Wildman–Crippen MR) is 72.8 cm³/mol. The van der Waals surface area contributed by atoms with Crippen LogP contribution >= 0.6 is 11.6 Å². The van der Waals surface area contributed by atoms with Crippen molar-refractivity contribution in [2.24, 2.45) is 0 Å². The molecule has 1 aliphatic heterocycles. The molecule has 122 valence electrons. The lowest BCUT2D eigenvalue weighted by Gasteiger charge is -2.31. The van der Waals surface area contributed by atoms with Crippen LogP contribution in [-0.2, 0) is 21.0 Å². The summed E-state index contributed by atoms with van der Waals surface area (Å²) in [7, 11) is -4.55. The number of nitrogens with zero attached hydrogens (tertiary/aromatic N) is 1. The van der Waals surface area contributed by atoms with Gasteiger partial charge in [0.05, 0.1) is 17.1 Å². The molecule has 10 heteroatoms. The van der Waals surface area contributed by atoms with Crippen LogP contribution in [0.1, 0.15) is 12.5 Å². The Morgan fingerprint density at radius 2 is 2.00 bits per heavy atom. The van der Waals surface area contributed by atoms with Crippen molar-refractivity contribution in [3.05, 3.63) is 28.8 Å². The second-order valence-electron chi connectivity index (χ2n) is 4.88. The summed E-state index contributed by atoms with van der Waals surface area (Å²) in [5.74, 6) is -0.581. The maximum absolute atomic E-state index is 13.1. The number of alkyl halides is 3. The van der Waals surface area contributed by atoms with Crippen LogP contribution in [0.15, 0.2) is 23.1 Å². The number of nitrogens with one attached hydrogen (secondary N) is 1. The number of hydrogen-bond donors (Lipinski definition) is 1. The second kappa shape index (κ2) is 5.71. The number of piperazine rings is 1. The van der Waals surface area contributed by atoms with Crippen molar-refractivity contribution in [2.75, 3.05) is 13.1 Å². The summed E-state index contributed by atoms with van der Waals surface area (Å²) < 4.78 is 64.9. The molecule has 1 amide bonds. The maximum atomic E-state index is 13.1. The predicted octanol–water partition coefficient (Wildman–Crippen LogP) is 1.87. The van der Waals surface area contributed by atoms with E-state index in [1.165, 1.54) is 0 Å². The van der Waals surface area contributed by atoms with Gasteiger partial charge in [-0.05, 0) is 19.1 Å². The number of amides is 1. The van der Waals surface area contributed by atoms with E-state index in [2.05, 4.69) is 5.32 Å². The summed E-state index contributed by atoms with van der Waals surface area (Å²) in [6, 6.07) is 2.23. The van der Waals surface area contributed by atoms with E-state index in [0.29, 0.717) is 10.4 Å². The normalized spacial score (nSPS) is 20.8. The molecule has 1 aromatic rings.